The van der Waals surface area contributed by atoms with Gasteiger partial charge in [-0.25, -0.2) is 4.79 Å². The van der Waals surface area contributed by atoms with E-state index < -0.39 is 5.97 Å². The van der Waals surface area contributed by atoms with Crippen LogP contribution in [0.3, 0.4) is 0 Å². The van der Waals surface area contributed by atoms with Gasteiger partial charge < -0.3 is 10.5 Å². The fourth-order valence-electron chi connectivity index (χ4n) is 0.955. The number of aliphatic imine (C=N–C) groups is 1. The monoisotopic (exact) mass is 272 g/mol. The first-order chi connectivity index (χ1) is 8.04. The van der Waals surface area contributed by atoms with Crippen LogP contribution in [0.1, 0.15) is 0 Å². The number of nitrogens with two attached hydrogens (primary N) is 1. The molecule has 17 heavy (non-hydrogen) atoms. The highest BCUT2D eigenvalue weighted by molar-refractivity contribution is 6.42. The summed E-state index contributed by atoms with van der Waals surface area (Å²) >= 11 is 11.6. The van der Waals surface area contributed by atoms with Gasteiger partial charge in [0, 0.05) is 6.21 Å². The van der Waals surface area contributed by atoms with Gasteiger partial charge in [-0.3, -0.25) is 4.99 Å². The summed E-state index contributed by atoms with van der Waals surface area (Å²) in [6, 6.07) is 4.92. The number of carbonyl (C=O) groups is 1. The van der Waals surface area contributed by atoms with Gasteiger partial charge in [0.15, 0.2) is 0 Å². The van der Waals surface area contributed by atoms with Crippen LogP contribution >= 0.6 is 23.2 Å². The maximum Gasteiger partial charge on any atom is 0.353 e. The molecule has 90 valence electrons. The predicted octanol–water partition coefficient (Wildman–Crippen LogP) is 2.71. The van der Waals surface area contributed by atoms with Crippen LogP contribution in [0.25, 0.3) is 0 Å². The first-order valence-electron chi connectivity index (χ1n) is 4.57. The van der Waals surface area contributed by atoms with Gasteiger partial charge in [-0.1, -0.05) is 23.2 Å². The standard InChI is InChI=1S/C11H10Cl2N2O2/c1-17-11(16)10(14)4-5-15-7-2-3-8(12)9(13)6-7/h2-6H,14H2,1H3/b10-4-,15-5?. The molecule has 0 saturated carbocycles. The molecular weight excluding hydrogens is 263 g/mol. The van der Waals surface area contributed by atoms with Gasteiger partial charge in [0.2, 0.25) is 0 Å². The predicted molar refractivity (Wildman–Crippen MR) is 68.9 cm³/mol. The second kappa shape index (κ2) is 6.27. The van der Waals surface area contributed by atoms with Gasteiger partial charge >= 0.3 is 5.97 Å². The summed E-state index contributed by atoms with van der Waals surface area (Å²) < 4.78 is 4.42. The molecule has 0 fully saturated rings. The van der Waals surface area contributed by atoms with Crippen LogP contribution in [0.4, 0.5) is 5.69 Å². The molecule has 0 saturated heterocycles. The zero-order chi connectivity index (χ0) is 12.8. The van der Waals surface area contributed by atoms with E-state index in [-0.39, 0.29) is 5.70 Å². The van der Waals surface area contributed by atoms with Crippen molar-refractivity contribution in [1.82, 2.24) is 0 Å². The molecule has 1 aromatic rings. The van der Waals surface area contributed by atoms with Crippen molar-refractivity contribution < 1.29 is 9.53 Å². The van der Waals surface area contributed by atoms with Crippen molar-refractivity contribution in [1.29, 1.82) is 0 Å². The summed E-state index contributed by atoms with van der Waals surface area (Å²) in [5.41, 5.74) is 5.97. The lowest BCUT2D eigenvalue weighted by atomic mass is 10.3. The van der Waals surface area contributed by atoms with E-state index in [2.05, 4.69) is 9.73 Å². The minimum atomic E-state index is -0.606. The lowest BCUT2D eigenvalue weighted by Crippen LogP contribution is -2.12. The van der Waals surface area contributed by atoms with Crippen molar-refractivity contribution in [2.75, 3.05) is 7.11 Å². The Labute approximate surface area is 109 Å². The van der Waals surface area contributed by atoms with Gasteiger partial charge in [0.25, 0.3) is 0 Å². The van der Waals surface area contributed by atoms with E-state index in [0.717, 1.165) is 0 Å². The van der Waals surface area contributed by atoms with Crippen LogP contribution in [-0.4, -0.2) is 19.3 Å². The molecule has 0 atom stereocenters. The summed E-state index contributed by atoms with van der Waals surface area (Å²) in [6.07, 6.45) is 2.72. The highest BCUT2D eigenvalue weighted by Gasteiger charge is 2.01. The van der Waals surface area contributed by atoms with Crippen LogP contribution in [0, 0.1) is 0 Å². The van der Waals surface area contributed by atoms with E-state index >= 15 is 0 Å². The molecule has 4 nitrogen and oxygen atoms in total. The number of carbonyl (C=O) groups excluding carboxylic acids is 1. The molecule has 0 aromatic heterocycles. The molecule has 1 rings (SSSR count). The molecule has 6 heteroatoms. The largest absolute Gasteiger partial charge is 0.464 e. The summed E-state index contributed by atoms with van der Waals surface area (Å²) in [5.74, 6) is -0.606. The molecule has 2 N–H and O–H groups in total. The molecule has 0 heterocycles. The van der Waals surface area contributed by atoms with Crippen molar-refractivity contribution in [2.24, 2.45) is 10.7 Å². The third kappa shape index (κ3) is 4.09. The average molecular weight is 273 g/mol. The number of benzene rings is 1. The summed E-state index contributed by atoms with van der Waals surface area (Å²) in [7, 11) is 1.25. The number of methoxy groups -OCH3 is 1. The van der Waals surface area contributed by atoms with E-state index in [1.165, 1.54) is 19.4 Å². The van der Waals surface area contributed by atoms with Crippen molar-refractivity contribution >= 4 is 41.1 Å². The number of nitrogens with zero attached hydrogens (tertiary/aromatic N) is 1. The maximum atomic E-state index is 10.9. The SMILES string of the molecule is COC(=O)/C(N)=C/C=Nc1ccc(Cl)c(Cl)c1. The van der Waals surface area contributed by atoms with E-state index in [1.54, 1.807) is 18.2 Å². The number of esters is 1. The van der Waals surface area contributed by atoms with Crippen LogP contribution < -0.4 is 5.73 Å². The van der Waals surface area contributed by atoms with Gasteiger partial charge in [-0.2, -0.15) is 0 Å². The second-order valence-corrected chi connectivity index (χ2v) is 3.80. The normalized spacial score (nSPS) is 11.8. The number of allylic oxidation sites excluding steroid dienone is 1. The van der Waals surface area contributed by atoms with Gasteiger partial charge in [-0.05, 0) is 24.3 Å². The lowest BCUT2D eigenvalue weighted by Gasteiger charge is -1.97. The number of halogens is 2. The Hall–Kier alpha value is -1.52. The maximum absolute atomic E-state index is 10.9. The summed E-state index contributed by atoms with van der Waals surface area (Å²) in [5, 5.41) is 0.862. The Morgan fingerprint density at radius 1 is 1.41 bits per heavy atom. The smallest absolute Gasteiger partial charge is 0.353 e. The molecule has 0 unspecified atom stereocenters. The van der Waals surface area contributed by atoms with E-state index in [1.807, 2.05) is 0 Å². The summed E-state index contributed by atoms with van der Waals surface area (Å²) in [4.78, 5) is 15.0. The fraction of sp³-hybridized carbons (Fsp3) is 0.0909. The molecule has 0 aliphatic rings. The Morgan fingerprint density at radius 3 is 2.71 bits per heavy atom. The Kier molecular flexibility index (Phi) is 5.00. The van der Waals surface area contributed by atoms with E-state index in [0.29, 0.717) is 15.7 Å². The van der Waals surface area contributed by atoms with Crippen LogP contribution in [-0.2, 0) is 9.53 Å². The van der Waals surface area contributed by atoms with Crippen molar-refractivity contribution in [3.8, 4) is 0 Å². The molecule has 0 radical (unpaired) electrons. The fourth-order valence-corrected chi connectivity index (χ4v) is 1.25. The molecule has 0 aliphatic carbocycles. The number of ether oxygens (including phenoxy) is 1. The van der Waals surface area contributed by atoms with Gasteiger partial charge in [0.05, 0.1) is 22.8 Å². The third-order valence-corrected chi connectivity index (χ3v) is 2.54. The van der Waals surface area contributed by atoms with Gasteiger partial charge in [-0.15, -0.1) is 0 Å². The van der Waals surface area contributed by atoms with Crippen molar-refractivity contribution in [2.45, 2.75) is 0 Å². The van der Waals surface area contributed by atoms with E-state index in [9.17, 15) is 4.79 Å². The average Bonchev–Trinajstić information content (AvgIpc) is 2.32. The van der Waals surface area contributed by atoms with Crippen LogP contribution in [0.15, 0.2) is 35.0 Å². The molecule has 0 amide bonds. The molecule has 1 aromatic carbocycles. The third-order valence-electron chi connectivity index (χ3n) is 1.80. The minimum absolute atomic E-state index is 0.0312. The molecule has 0 aliphatic heterocycles. The lowest BCUT2D eigenvalue weighted by molar-refractivity contribution is -0.136. The van der Waals surface area contributed by atoms with Crippen molar-refractivity contribution in [3.05, 3.63) is 40.0 Å². The molecular formula is C11H10Cl2N2O2. The number of rotatable bonds is 3. The molecule has 0 spiro atoms. The van der Waals surface area contributed by atoms with Crippen LogP contribution in [0.5, 0.6) is 0 Å². The topological polar surface area (TPSA) is 64.7 Å². The second-order valence-electron chi connectivity index (χ2n) is 2.99. The Balaban J connectivity index is 2.78. The Morgan fingerprint density at radius 2 is 2.12 bits per heavy atom. The highest BCUT2D eigenvalue weighted by Crippen LogP contribution is 2.26. The van der Waals surface area contributed by atoms with E-state index in [4.69, 9.17) is 28.9 Å². The number of hydrogen-bond donors (Lipinski definition) is 1. The molecule has 0 bridgehead atoms. The Bertz CT molecular complexity index is 484. The zero-order valence-corrected chi connectivity index (χ0v) is 10.5. The first-order valence-corrected chi connectivity index (χ1v) is 5.33. The minimum Gasteiger partial charge on any atom is -0.464 e. The summed E-state index contributed by atoms with van der Waals surface area (Å²) in [6.45, 7) is 0. The van der Waals surface area contributed by atoms with Crippen LogP contribution in [0.2, 0.25) is 10.0 Å². The highest BCUT2D eigenvalue weighted by atomic mass is 35.5. The van der Waals surface area contributed by atoms with Crippen molar-refractivity contribution in [3.63, 3.8) is 0 Å². The number of hydrogen-bond acceptors (Lipinski definition) is 4. The van der Waals surface area contributed by atoms with Gasteiger partial charge in [0.1, 0.15) is 5.70 Å². The first kappa shape index (κ1) is 13.5. The quantitative estimate of drug-likeness (QED) is 0.523. The zero-order valence-electron chi connectivity index (χ0n) is 8.98.